The summed E-state index contributed by atoms with van der Waals surface area (Å²) in [7, 11) is 0. The van der Waals surface area contributed by atoms with Crippen LogP contribution in [0, 0.1) is 0 Å². The second-order valence-corrected chi connectivity index (χ2v) is 3.32. The van der Waals surface area contributed by atoms with Crippen molar-refractivity contribution in [2.45, 2.75) is 11.4 Å². The van der Waals surface area contributed by atoms with Gasteiger partial charge in [-0.15, -0.1) is 11.8 Å². The molecule has 66 valence electrons. The molecule has 0 unspecified atom stereocenters. The topological polar surface area (TPSA) is 72.0 Å². The fraction of sp³-hybridized carbons (Fsp3) is 0.429. The van der Waals surface area contributed by atoms with E-state index in [1.165, 1.54) is 6.20 Å². The van der Waals surface area contributed by atoms with Crippen LogP contribution in [-0.2, 0) is 0 Å². The highest BCUT2D eigenvalue weighted by Crippen LogP contribution is 2.15. The molecule has 0 saturated heterocycles. The van der Waals surface area contributed by atoms with E-state index in [2.05, 4.69) is 9.97 Å². The Labute approximate surface area is 75.2 Å². The average Bonchev–Trinajstić information content (AvgIpc) is 2.05. The highest BCUT2D eigenvalue weighted by Gasteiger charge is 1.95. The Kier molecular flexibility index (Phi) is 3.83. The van der Waals surface area contributed by atoms with Gasteiger partial charge >= 0.3 is 0 Å². The summed E-state index contributed by atoms with van der Waals surface area (Å²) in [5.74, 6) is 1.28. The van der Waals surface area contributed by atoms with E-state index in [0.29, 0.717) is 5.82 Å². The second-order valence-electron chi connectivity index (χ2n) is 2.21. The fourth-order valence-electron chi connectivity index (χ4n) is 0.673. The van der Waals surface area contributed by atoms with Crippen LogP contribution in [0.25, 0.3) is 0 Å². The quantitative estimate of drug-likeness (QED) is 0.529. The van der Waals surface area contributed by atoms with Crippen molar-refractivity contribution in [2.75, 3.05) is 18.1 Å². The Balaban J connectivity index is 2.41. The molecule has 12 heavy (non-hydrogen) atoms. The summed E-state index contributed by atoms with van der Waals surface area (Å²) < 4.78 is 0. The Hall–Kier alpha value is -0.810. The zero-order valence-electron chi connectivity index (χ0n) is 6.60. The molecule has 1 aromatic heterocycles. The van der Waals surface area contributed by atoms with Gasteiger partial charge in [-0.2, -0.15) is 0 Å². The molecule has 0 saturated carbocycles. The molecule has 0 fully saturated rings. The predicted octanol–water partition coefficient (Wildman–Crippen LogP) is 0.533. The number of nitrogen functional groups attached to an aromatic ring is 1. The summed E-state index contributed by atoms with van der Waals surface area (Å²) in [6.45, 7) is 0.211. The molecule has 4 nitrogen and oxygen atoms in total. The van der Waals surface area contributed by atoms with Crippen molar-refractivity contribution < 1.29 is 5.11 Å². The minimum Gasteiger partial charge on any atom is -0.396 e. The lowest BCUT2D eigenvalue weighted by Crippen LogP contribution is -1.93. The third-order valence-electron chi connectivity index (χ3n) is 1.18. The summed E-state index contributed by atoms with van der Waals surface area (Å²) in [4.78, 5) is 7.93. The van der Waals surface area contributed by atoms with Crippen LogP contribution in [-0.4, -0.2) is 27.4 Å². The summed E-state index contributed by atoms with van der Waals surface area (Å²) in [5, 5.41) is 9.33. The van der Waals surface area contributed by atoms with E-state index < -0.39 is 0 Å². The monoisotopic (exact) mass is 185 g/mol. The standard InChI is InChI=1S/C7H11N3OS/c8-6-4-9-5-7(10-6)12-3-1-2-11/h4-5,11H,1-3H2,(H2,8,10). The van der Waals surface area contributed by atoms with Crippen molar-refractivity contribution in [1.29, 1.82) is 0 Å². The Bertz CT molecular complexity index is 244. The van der Waals surface area contributed by atoms with Gasteiger partial charge in [-0.3, -0.25) is 4.98 Å². The summed E-state index contributed by atoms with van der Waals surface area (Å²) in [6, 6.07) is 0. The van der Waals surface area contributed by atoms with Crippen LogP contribution in [0.3, 0.4) is 0 Å². The van der Waals surface area contributed by atoms with Crippen LogP contribution in [0.15, 0.2) is 17.4 Å². The van der Waals surface area contributed by atoms with Gasteiger partial charge in [-0.1, -0.05) is 0 Å². The highest BCUT2D eigenvalue weighted by molar-refractivity contribution is 7.99. The number of thioether (sulfide) groups is 1. The van der Waals surface area contributed by atoms with E-state index >= 15 is 0 Å². The molecule has 5 heteroatoms. The molecule has 0 amide bonds. The number of nitrogens with zero attached hydrogens (tertiary/aromatic N) is 2. The first kappa shape index (κ1) is 9.28. The third kappa shape index (κ3) is 3.06. The van der Waals surface area contributed by atoms with Gasteiger partial charge < -0.3 is 10.8 Å². The van der Waals surface area contributed by atoms with Gasteiger partial charge in [-0.05, 0) is 6.42 Å². The van der Waals surface area contributed by atoms with Crippen molar-refractivity contribution in [1.82, 2.24) is 9.97 Å². The number of nitrogens with two attached hydrogens (primary N) is 1. The lowest BCUT2D eigenvalue weighted by atomic mass is 10.5. The molecular formula is C7H11N3OS. The molecule has 0 atom stereocenters. The zero-order chi connectivity index (χ0) is 8.81. The van der Waals surface area contributed by atoms with Gasteiger partial charge in [0.15, 0.2) is 0 Å². The molecule has 0 spiro atoms. The molecule has 0 radical (unpaired) electrons. The van der Waals surface area contributed by atoms with Crippen LogP contribution in [0.2, 0.25) is 0 Å². The van der Waals surface area contributed by atoms with Crippen molar-refractivity contribution in [3.63, 3.8) is 0 Å². The normalized spacial score (nSPS) is 10.1. The molecule has 0 aromatic carbocycles. The molecule has 3 N–H and O–H groups in total. The highest BCUT2D eigenvalue weighted by atomic mass is 32.2. The summed E-state index contributed by atoms with van der Waals surface area (Å²) >= 11 is 1.55. The Morgan fingerprint density at radius 3 is 3.00 bits per heavy atom. The van der Waals surface area contributed by atoms with E-state index in [4.69, 9.17) is 10.8 Å². The minimum absolute atomic E-state index is 0.211. The van der Waals surface area contributed by atoms with Crippen LogP contribution in [0.5, 0.6) is 0 Å². The number of aromatic nitrogens is 2. The predicted molar refractivity (Wildman–Crippen MR) is 48.9 cm³/mol. The number of hydrogen-bond donors (Lipinski definition) is 2. The number of hydrogen-bond acceptors (Lipinski definition) is 5. The smallest absolute Gasteiger partial charge is 0.143 e. The Morgan fingerprint density at radius 2 is 2.33 bits per heavy atom. The van der Waals surface area contributed by atoms with Crippen LogP contribution in [0.4, 0.5) is 5.82 Å². The van der Waals surface area contributed by atoms with Crippen molar-refractivity contribution in [3.05, 3.63) is 12.4 Å². The molecular weight excluding hydrogens is 174 g/mol. The van der Waals surface area contributed by atoms with E-state index in [1.807, 2.05) is 0 Å². The average molecular weight is 185 g/mol. The van der Waals surface area contributed by atoms with Gasteiger partial charge in [0, 0.05) is 12.4 Å². The van der Waals surface area contributed by atoms with Crippen LogP contribution < -0.4 is 5.73 Å². The minimum atomic E-state index is 0.211. The second kappa shape index (κ2) is 4.95. The fourth-order valence-corrected chi connectivity index (χ4v) is 1.46. The molecule has 0 aliphatic heterocycles. The number of anilines is 1. The van der Waals surface area contributed by atoms with E-state index in [-0.39, 0.29) is 6.61 Å². The summed E-state index contributed by atoms with van der Waals surface area (Å²) in [5.41, 5.74) is 5.43. The van der Waals surface area contributed by atoms with Gasteiger partial charge in [0.2, 0.25) is 0 Å². The third-order valence-corrected chi connectivity index (χ3v) is 2.17. The first-order chi connectivity index (χ1) is 5.83. The maximum absolute atomic E-state index is 8.52. The molecule has 1 heterocycles. The molecule has 1 aromatic rings. The van der Waals surface area contributed by atoms with Gasteiger partial charge in [0.1, 0.15) is 10.8 Å². The van der Waals surface area contributed by atoms with Gasteiger partial charge in [-0.25, -0.2) is 4.98 Å². The number of rotatable bonds is 4. The van der Waals surface area contributed by atoms with Gasteiger partial charge in [0.05, 0.1) is 12.4 Å². The van der Waals surface area contributed by atoms with Crippen molar-refractivity contribution in [3.8, 4) is 0 Å². The van der Waals surface area contributed by atoms with Crippen molar-refractivity contribution >= 4 is 17.6 Å². The SMILES string of the molecule is Nc1cncc(SCCCO)n1. The summed E-state index contributed by atoms with van der Waals surface area (Å²) in [6.07, 6.45) is 3.94. The maximum Gasteiger partial charge on any atom is 0.143 e. The maximum atomic E-state index is 8.52. The number of aliphatic hydroxyl groups excluding tert-OH is 1. The van der Waals surface area contributed by atoms with E-state index in [1.54, 1.807) is 18.0 Å². The molecule has 1 rings (SSSR count). The van der Waals surface area contributed by atoms with Gasteiger partial charge in [0.25, 0.3) is 0 Å². The molecule has 0 bridgehead atoms. The van der Waals surface area contributed by atoms with Crippen molar-refractivity contribution in [2.24, 2.45) is 0 Å². The van der Waals surface area contributed by atoms with Crippen LogP contribution >= 0.6 is 11.8 Å². The molecule has 0 aliphatic rings. The van der Waals surface area contributed by atoms with E-state index in [9.17, 15) is 0 Å². The van der Waals surface area contributed by atoms with E-state index in [0.717, 1.165) is 17.2 Å². The first-order valence-corrected chi connectivity index (χ1v) is 4.62. The first-order valence-electron chi connectivity index (χ1n) is 3.64. The Morgan fingerprint density at radius 1 is 1.50 bits per heavy atom. The largest absolute Gasteiger partial charge is 0.396 e. The lowest BCUT2D eigenvalue weighted by Gasteiger charge is -1.98. The molecule has 0 aliphatic carbocycles. The number of aliphatic hydroxyl groups is 1. The lowest BCUT2D eigenvalue weighted by molar-refractivity contribution is 0.296. The van der Waals surface area contributed by atoms with Crippen LogP contribution in [0.1, 0.15) is 6.42 Å². The zero-order valence-corrected chi connectivity index (χ0v) is 7.42.